The van der Waals surface area contributed by atoms with Crippen LogP contribution in [-0.4, -0.2) is 42.6 Å². The van der Waals surface area contributed by atoms with Gasteiger partial charge in [-0.1, -0.05) is 6.08 Å². The highest BCUT2D eigenvalue weighted by Gasteiger charge is 2.48. The van der Waals surface area contributed by atoms with Crippen LogP contribution in [0.5, 0.6) is 0 Å². The normalized spacial score (nSPS) is 29.8. The first-order valence-electron chi connectivity index (χ1n) is 6.67. The predicted molar refractivity (Wildman–Crippen MR) is 72.2 cm³/mol. The number of carboxylic acid groups (broad SMARTS) is 1. The highest BCUT2D eigenvalue weighted by Crippen LogP contribution is 2.54. The van der Waals surface area contributed by atoms with Crippen molar-refractivity contribution >= 4 is 16.0 Å². The Balaban J connectivity index is 2.11. The van der Waals surface area contributed by atoms with Crippen molar-refractivity contribution < 1.29 is 18.3 Å². The Morgan fingerprint density at radius 1 is 1.42 bits per heavy atom. The van der Waals surface area contributed by atoms with Gasteiger partial charge in [0, 0.05) is 6.54 Å². The second kappa shape index (κ2) is 5.25. The largest absolute Gasteiger partial charge is 0.480 e. The third-order valence-corrected chi connectivity index (χ3v) is 6.46. The molecule has 0 heterocycles. The van der Waals surface area contributed by atoms with Gasteiger partial charge in [0.2, 0.25) is 10.0 Å². The highest BCUT2D eigenvalue weighted by molar-refractivity contribution is 7.89. The van der Waals surface area contributed by atoms with E-state index in [0.29, 0.717) is 5.92 Å². The van der Waals surface area contributed by atoms with Gasteiger partial charge in [-0.25, -0.2) is 8.42 Å². The van der Waals surface area contributed by atoms with Crippen molar-refractivity contribution in [1.82, 2.24) is 4.31 Å². The van der Waals surface area contributed by atoms with Gasteiger partial charge >= 0.3 is 5.97 Å². The van der Waals surface area contributed by atoms with Gasteiger partial charge < -0.3 is 5.11 Å². The van der Waals surface area contributed by atoms with Crippen LogP contribution in [-0.2, 0) is 14.8 Å². The number of nitrogens with zero attached hydrogens (tertiary/aromatic N) is 1. The first-order valence-corrected chi connectivity index (χ1v) is 8.28. The zero-order valence-electron chi connectivity index (χ0n) is 11.0. The van der Waals surface area contributed by atoms with Gasteiger partial charge in [0.25, 0.3) is 0 Å². The summed E-state index contributed by atoms with van der Waals surface area (Å²) in [6, 6.07) is 0. The zero-order valence-corrected chi connectivity index (χ0v) is 11.9. The summed E-state index contributed by atoms with van der Waals surface area (Å²) < 4.78 is 25.8. The number of aliphatic carboxylic acids is 1. The van der Waals surface area contributed by atoms with Crippen molar-refractivity contribution in [1.29, 1.82) is 0 Å². The van der Waals surface area contributed by atoms with E-state index in [-0.39, 0.29) is 17.7 Å². The standard InChI is InChI=1S/C13H21NO4S/c1-2-7-14(9-12(15)16)19(17,18)10-13-5-3-11(8-13)4-6-13/h2,11H,1,3-10H2,(H,15,16). The summed E-state index contributed by atoms with van der Waals surface area (Å²) in [6.07, 6.45) is 6.59. The molecule has 0 atom stereocenters. The Labute approximate surface area is 114 Å². The maximum Gasteiger partial charge on any atom is 0.318 e. The maximum atomic E-state index is 12.4. The first kappa shape index (κ1) is 14.5. The van der Waals surface area contributed by atoms with Crippen LogP contribution in [0.25, 0.3) is 0 Å². The zero-order chi connectivity index (χ0) is 14.1. The minimum atomic E-state index is -3.53. The van der Waals surface area contributed by atoms with Crippen molar-refractivity contribution in [2.45, 2.75) is 32.1 Å². The lowest BCUT2D eigenvalue weighted by atomic mass is 9.87. The van der Waals surface area contributed by atoms with Crippen LogP contribution < -0.4 is 0 Å². The van der Waals surface area contributed by atoms with Gasteiger partial charge in [0.15, 0.2) is 0 Å². The topological polar surface area (TPSA) is 74.7 Å². The molecule has 5 nitrogen and oxygen atoms in total. The molecule has 2 bridgehead atoms. The molecule has 0 radical (unpaired) electrons. The van der Waals surface area contributed by atoms with Crippen LogP contribution in [0.4, 0.5) is 0 Å². The Bertz CT molecular complexity index is 463. The molecule has 2 rings (SSSR count). The fourth-order valence-corrected chi connectivity index (χ4v) is 5.57. The van der Waals surface area contributed by atoms with Gasteiger partial charge in [0.1, 0.15) is 6.54 Å². The summed E-state index contributed by atoms with van der Waals surface area (Å²) in [5.41, 5.74) is -0.0958. The van der Waals surface area contributed by atoms with Crippen LogP contribution in [0.3, 0.4) is 0 Å². The molecule has 108 valence electrons. The van der Waals surface area contributed by atoms with Crippen LogP contribution in [0.15, 0.2) is 12.7 Å². The summed E-state index contributed by atoms with van der Waals surface area (Å²) in [5, 5.41) is 8.82. The minimum Gasteiger partial charge on any atom is -0.480 e. The van der Waals surface area contributed by atoms with E-state index in [4.69, 9.17) is 5.11 Å². The molecule has 0 aliphatic heterocycles. The highest BCUT2D eigenvalue weighted by atomic mass is 32.2. The average Bonchev–Trinajstić information content (AvgIpc) is 2.86. The van der Waals surface area contributed by atoms with E-state index in [1.807, 2.05) is 0 Å². The first-order chi connectivity index (χ1) is 8.87. The molecule has 2 aliphatic rings. The van der Waals surface area contributed by atoms with Crippen molar-refractivity contribution in [3.05, 3.63) is 12.7 Å². The van der Waals surface area contributed by atoms with Crippen molar-refractivity contribution in [3.63, 3.8) is 0 Å². The molecule has 0 saturated heterocycles. The number of fused-ring (bicyclic) bond motifs is 2. The number of hydrogen-bond acceptors (Lipinski definition) is 3. The van der Waals surface area contributed by atoms with Gasteiger partial charge in [-0.3, -0.25) is 4.79 Å². The van der Waals surface area contributed by atoms with Crippen LogP contribution in [0.1, 0.15) is 32.1 Å². The second-order valence-electron chi connectivity index (χ2n) is 5.88. The molecule has 0 aromatic rings. The van der Waals surface area contributed by atoms with Gasteiger partial charge in [-0.05, 0) is 43.4 Å². The molecule has 2 saturated carbocycles. The Kier molecular flexibility index (Phi) is 4.01. The number of carboxylic acids is 1. The van der Waals surface area contributed by atoms with E-state index in [2.05, 4.69) is 6.58 Å². The van der Waals surface area contributed by atoms with Crippen molar-refractivity contribution in [2.24, 2.45) is 11.3 Å². The molecule has 6 heteroatoms. The van der Waals surface area contributed by atoms with Crippen LogP contribution >= 0.6 is 0 Å². The predicted octanol–water partition coefficient (Wildman–Crippen LogP) is 1.47. The Morgan fingerprint density at radius 3 is 2.47 bits per heavy atom. The lowest BCUT2D eigenvalue weighted by Crippen LogP contribution is -2.41. The molecule has 0 unspecified atom stereocenters. The Morgan fingerprint density at radius 2 is 2.05 bits per heavy atom. The monoisotopic (exact) mass is 287 g/mol. The summed E-state index contributed by atoms with van der Waals surface area (Å²) in [7, 11) is -3.53. The number of rotatable bonds is 7. The summed E-state index contributed by atoms with van der Waals surface area (Å²) in [4.78, 5) is 10.8. The SMILES string of the molecule is C=CCN(CC(=O)O)S(=O)(=O)CC12CCC(CC1)C2. The van der Waals surface area contributed by atoms with Gasteiger partial charge in [-0.2, -0.15) is 4.31 Å². The molecule has 0 aromatic carbocycles. The molecular weight excluding hydrogens is 266 g/mol. The summed E-state index contributed by atoms with van der Waals surface area (Å²) >= 11 is 0. The van der Waals surface area contributed by atoms with Gasteiger partial charge in [-0.15, -0.1) is 6.58 Å². The summed E-state index contributed by atoms with van der Waals surface area (Å²) in [6.45, 7) is 3.09. The molecule has 1 N–H and O–H groups in total. The molecule has 2 aliphatic carbocycles. The maximum absolute atomic E-state index is 12.4. The fourth-order valence-electron chi connectivity index (χ4n) is 3.56. The minimum absolute atomic E-state index is 0.0636. The fraction of sp³-hybridized carbons (Fsp3) is 0.769. The van der Waals surface area contributed by atoms with E-state index in [1.165, 1.54) is 6.08 Å². The molecule has 0 spiro atoms. The van der Waals surface area contributed by atoms with Crippen LogP contribution in [0, 0.1) is 11.3 Å². The number of carbonyl (C=O) groups is 1. The third-order valence-electron chi connectivity index (χ3n) is 4.41. The molecule has 0 amide bonds. The number of hydrogen-bond donors (Lipinski definition) is 1. The smallest absolute Gasteiger partial charge is 0.318 e. The Hall–Kier alpha value is -0.880. The molecular formula is C13H21NO4S. The summed E-state index contributed by atoms with van der Waals surface area (Å²) in [5.74, 6) is -0.348. The third kappa shape index (κ3) is 3.17. The molecule has 2 fully saturated rings. The van der Waals surface area contributed by atoms with Crippen molar-refractivity contribution in [3.8, 4) is 0 Å². The van der Waals surface area contributed by atoms with Gasteiger partial charge in [0.05, 0.1) is 5.75 Å². The lowest BCUT2D eigenvalue weighted by Gasteiger charge is -2.29. The van der Waals surface area contributed by atoms with E-state index in [1.54, 1.807) is 0 Å². The lowest BCUT2D eigenvalue weighted by molar-refractivity contribution is -0.137. The average molecular weight is 287 g/mol. The van der Waals surface area contributed by atoms with Crippen molar-refractivity contribution in [2.75, 3.05) is 18.8 Å². The molecule has 19 heavy (non-hydrogen) atoms. The molecule has 0 aromatic heterocycles. The van der Waals surface area contributed by atoms with E-state index >= 15 is 0 Å². The van der Waals surface area contributed by atoms with Crippen LogP contribution in [0.2, 0.25) is 0 Å². The quantitative estimate of drug-likeness (QED) is 0.720. The second-order valence-corrected chi connectivity index (χ2v) is 7.85. The van der Waals surface area contributed by atoms with E-state index in [0.717, 1.165) is 36.4 Å². The van der Waals surface area contributed by atoms with E-state index < -0.39 is 22.5 Å². The number of sulfonamides is 1. The van der Waals surface area contributed by atoms with E-state index in [9.17, 15) is 13.2 Å².